The van der Waals surface area contributed by atoms with Crippen LogP contribution in [0.5, 0.6) is 5.75 Å². The Morgan fingerprint density at radius 3 is 2.57 bits per heavy atom. The third-order valence-corrected chi connectivity index (χ3v) is 4.26. The van der Waals surface area contributed by atoms with E-state index in [4.69, 9.17) is 14.2 Å². The first-order valence-electron chi connectivity index (χ1n) is 7.80. The maximum atomic E-state index is 11.8. The van der Waals surface area contributed by atoms with Gasteiger partial charge < -0.3 is 19.3 Å². The molecule has 128 valence electrons. The number of benzene rings is 1. The maximum Gasteiger partial charge on any atom is 0.326 e. The van der Waals surface area contributed by atoms with Crippen LogP contribution in [-0.4, -0.2) is 62.1 Å². The van der Waals surface area contributed by atoms with E-state index in [0.29, 0.717) is 26.2 Å². The summed E-state index contributed by atoms with van der Waals surface area (Å²) in [7, 11) is 3.19. The summed E-state index contributed by atoms with van der Waals surface area (Å²) < 4.78 is 15.7. The number of rotatable bonds is 9. The summed E-state index contributed by atoms with van der Waals surface area (Å²) in [5.41, 5.74) is 0.148. The van der Waals surface area contributed by atoms with Gasteiger partial charge in [0.2, 0.25) is 0 Å². The highest BCUT2D eigenvalue weighted by Gasteiger charge is 2.47. The first-order valence-corrected chi connectivity index (χ1v) is 7.80. The molecule has 1 aliphatic heterocycles. The fraction of sp³-hybridized carbons (Fsp3) is 0.588. The molecule has 0 amide bonds. The molecule has 0 aromatic heterocycles. The van der Waals surface area contributed by atoms with Crippen molar-refractivity contribution in [2.24, 2.45) is 0 Å². The van der Waals surface area contributed by atoms with Gasteiger partial charge in [-0.3, -0.25) is 9.69 Å². The average molecular weight is 323 g/mol. The van der Waals surface area contributed by atoms with Crippen LogP contribution in [0.25, 0.3) is 0 Å². The van der Waals surface area contributed by atoms with Crippen molar-refractivity contribution in [3.63, 3.8) is 0 Å². The van der Waals surface area contributed by atoms with E-state index in [-0.39, 0.29) is 6.61 Å². The van der Waals surface area contributed by atoms with Crippen LogP contribution in [0.1, 0.15) is 18.4 Å². The summed E-state index contributed by atoms with van der Waals surface area (Å²) in [5.74, 6) is -0.0232. The van der Waals surface area contributed by atoms with Crippen molar-refractivity contribution in [1.29, 1.82) is 0 Å². The van der Waals surface area contributed by atoms with Gasteiger partial charge in [-0.2, -0.15) is 0 Å². The fourth-order valence-electron chi connectivity index (χ4n) is 3.03. The summed E-state index contributed by atoms with van der Waals surface area (Å²) in [6.45, 7) is 2.63. The normalized spacial score (nSPS) is 21.5. The number of likely N-dealkylation sites (tertiary alicyclic amines) is 1. The minimum atomic E-state index is -0.914. The Labute approximate surface area is 136 Å². The van der Waals surface area contributed by atoms with Gasteiger partial charge in [-0.25, -0.2) is 0 Å². The number of hydrogen-bond acceptors (Lipinski definition) is 5. The monoisotopic (exact) mass is 323 g/mol. The molecule has 0 aliphatic carbocycles. The Kier molecular flexibility index (Phi) is 6.38. The van der Waals surface area contributed by atoms with E-state index in [2.05, 4.69) is 0 Å². The highest BCUT2D eigenvalue weighted by atomic mass is 16.5. The van der Waals surface area contributed by atoms with Crippen molar-refractivity contribution in [1.82, 2.24) is 4.90 Å². The summed E-state index contributed by atoms with van der Waals surface area (Å²) in [4.78, 5) is 13.8. The molecule has 1 fully saturated rings. The van der Waals surface area contributed by atoms with E-state index in [1.807, 2.05) is 29.2 Å². The Balaban J connectivity index is 2.01. The average Bonchev–Trinajstić information content (AvgIpc) is 2.94. The molecule has 1 N–H and O–H groups in total. The number of aliphatic carboxylic acids is 1. The molecule has 1 heterocycles. The van der Waals surface area contributed by atoms with Crippen molar-refractivity contribution in [3.05, 3.63) is 29.8 Å². The Hall–Kier alpha value is -1.63. The molecular formula is C17H25NO5. The number of hydrogen-bond donors (Lipinski definition) is 1. The molecule has 1 unspecified atom stereocenters. The van der Waals surface area contributed by atoms with Crippen molar-refractivity contribution in [3.8, 4) is 5.75 Å². The SMILES string of the molecule is COCCOc1ccc(CN2CCCC2(COC)C(=O)O)cc1. The zero-order chi connectivity index (χ0) is 16.7. The predicted molar refractivity (Wildman–Crippen MR) is 85.7 cm³/mol. The number of carbonyl (C=O) groups is 1. The molecule has 1 aromatic rings. The molecule has 1 aliphatic rings. The molecule has 6 nitrogen and oxygen atoms in total. The molecule has 1 aromatic carbocycles. The van der Waals surface area contributed by atoms with Gasteiger partial charge in [-0.15, -0.1) is 0 Å². The first-order chi connectivity index (χ1) is 11.1. The van der Waals surface area contributed by atoms with E-state index in [9.17, 15) is 9.90 Å². The van der Waals surface area contributed by atoms with E-state index in [0.717, 1.165) is 24.3 Å². The van der Waals surface area contributed by atoms with E-state index < -0.39 is 11.5 Å². The zero-order valence-electron chi connectivity index (χ0n) is 13.8. The second-order valence-electron chi connectivity index (χ2n) is 5.78. The van der Waals surface area contributed by atoms with Gasteiger partial charge in [0.15, 0.2) is 0 Å². The second-order valence-corrected chi connectivity index (χ2v) is 5.78. The lowest BCUT2D eigenvalue weighted by atomic mass is 9.97. The lowest BCUT2D eigenvalue weighted by Crippen LogP contribution is -2.53. The van der Waals surface area contributed by atoms with Gasteiger partial charge in [-0.05, 0) is 37.1 Å². The van der Waals surface area contributed by atoms with Crippen molar-refractivity contribution in [2.75, 3.05) is 40.6 Å². The van der Waals surface area contributed by atoms with Crippen LogP contribution in [0, 0.1) is 0 Å². The van der Waals surface area contributed by atoms with Crippen LogP contribution < -0.4 is 4.74 Å². The van der Waals surface area contributed by atoms with Gasteiger partial charge in [0, 0.05) is 20.8 Å². The molecule has 0 bridgehead atoms. The van der Waals surface area contributed by atoms with Gasteiger partial charge in [0.25, 0.3) is 0 Å². The largest absolute Gasteiger partial charge is 0.491 e. The third kappa shape index (κ3) is 4.22. The van der Waals surface area contributed by atoms with Crippen LogP contribution in [-0.2, 0) is 20.8 Å². The molecule has 0 spiro atoms. The Bertz CT molecular complexity index is 504. The molecule has 2 rings (SSSR count). The van der Waals surface area contributed by atoms with Gasteiger partial charge >= 0.3 is 5.97 Å². The van der Waals surface area contributed by atoms with Crippen LogP contribution in [0.3, 0.4) is 0 Å². The summed E-state index contributed by atoms with van der Waals surface area (Å²) in [6.07, 6.45) is 1.49. The summed E-state index contributed by atoms with van der Waals surface area (Å²) in [6, 6.07) is 7.75. The Morgan fingerprint density at radius 2 is 1.96 bits per heavy atom. The van der Waals surface area contributed by atoms with E-state index in [1.165, 1.54) is 0 Å². The van der Waals surface area contributed by atoms with Crippen LogP contribution >= 0.6 is 0 Å². The highest BCUT2D eigenvalue weighted by Crippen LogP contribution is 2.32. The van der Waals surface area contributed by atoms with E-state index >= 15 is 0 Å². The maximum absolute atomic E-state index is 11.8. The minimum Gasteiger partial charge on any atom is -0.491 e. The van der Waals surface area contributed by atoms with Gasteiger partial charge in [0.1, 0.15) is 17.9 Å². The van der Waals surface area contributed by atoms with Crippen LogP contribution in [0.15, 0.2) is 24.3 Å². The number of carboxylic acid groups (broad SMARTS) is 1. The fourth-order valence-corrected chi connectivity index (χ4v) is 3.03. The van der Waals surface area contributed by atoms with E-state index in [1.54, 1.807) is 14.2 Å². The molecule has 1 atom stereocenters. The topological polar surface area (TPSA) is 68.2 Å². The number of carboxylic acids is 1. The molecule has 23 heavy (non-hydrogen) atoms. The number of ether oxygens (including phenoxy) is 3. The lowest BCUT2D eigenvalue weighted by molar-refractivity contribution is -0.153. The minimum absolute atomic E-state index is 0.209. The molecule has 0 saturated carbocycles. The zero-order valence-corrected chi connectivity index (χ0v) is 13.8. The van der Waals surface area contributed by atoms with Crippen LogP contribution in [0.4, 0.5) is 0 Å². The smallest absolute Gasteiger partial charge is 0.326 e. The predicted octanol–water partition coefficient (Wildman–Crippen LogP) is 1.78. The van der Waals surface area contributed by atoms with Crippen molar-refractivity contribution in [2.45, 2.75) is 24.9 Å². The quantitative estimate of drug-likeness (QED) is 0.699. The number of methoxy groups -OCH3 is 2. The van der Waals surface area contributed by atoms with Crippen molar-refractivity contribution < 1.29 is 24.1 Å². The summed E-state index contributed by atoms with van der Waals surface area (Å²) in [5, 5.41) is 9.65. The molecule has 6 heteroatoms. The molecule has 0 radical (unpaired) electrons. The highest BCUT2D eigenvalue weighted by molar-refractivity contribution is 5.79. The first kappa shape index (κ1) is 17.7. The van der Waals surface area contributed by atoms with Gasteiger partial charge in [-0.1, -0.05) is 12.1 Å². The van der Waals surface area contributed by atoms with Crippen LogP contribution in [0.2, 0.25) is 0 Å². The standard InChI is InChI=1S/C17H25NO5/c1-21-10-11-23-15-6-4-14(5-7-15)12-18-9-3-8-17(18,13-22-2)16(19)20/h4-7H,3,8-13H2,1-2H3,(H,19,20). The summed E-state index contributed by atoms with van der Waals surface area (Å²) >= 11 is 0. The molecule has 1 saturated heterocycles. The lowest BCUT2D eigenvalue weighted by Gasteiger charge is -2.34. The second kappa shape index (κ2) is 8.29. The molecular weight excluding hydrogens is 298 g/mol. The third-order valence-electron chi connectivity index (χ3n) is 4.26. The van der Waals surface area contributed by atoms with Gasteiger partial charge in [0.05, 0.1) is 13.2 Å². The van der Waals surface area contributed by atoms with Crippen molar-refractivity contribution >= 4 is 5.97 Å². The Morgan fingerprint density at radius 1 is 1.22 bits per heavy atom. The number of nitrogens with zero attached hydrogens (tertiary/aromatic N) is 1.